The van der Waals surface area contributed by atoms with Crippen molar-refractivity contribution in [1.82, 2.24) is 0 Å². The number of carbonyl (C=O) groups is 1. The molecule has 0 saturated heterocycles. The summed E-state index contributed by atoms with van der Waals surface area (Å²) < 4.78 is 0. The summed E-state index contributed by atoms with van der Waals surface area (Å²) >= 11 is 0. The van der Waals surface area contributed by atoms with Gasteiger partial charge in [-0.05, 0) is 96.9 Å². The third-order valence-electron chi connectivity index (χ3n) is 10.0. The molecule has 0 aromatic heterocycles. The van der Waals surface area contributed by atoms with Gasteiger partial charge in [-0.3, -0.25) is 4.79 Å². The molecule has 0 radical (unpaired) electrons. The van der Waals surface area contributed by atoms with Crippen molar-refractivity contribution in [2.75, 3.05) is 0 Å². The Kier molecular flexibility index (Phi) is 5.60. The Labute approximate surface area is 174 Å². The third kappa shape index (κ3) is 3.24. The Bertz CT molecular complexity index is 630. The summed E-state index contributed by atoms with van der Waals surface area (Å²) in [6, 6.07) is 0. The molecule has 6 unspecified atom stereocenters. The molecule has 0 amide bonds. The number of fused-ring (bicyclic) bond motifs is 5. The van der Waals surface area contributed by atoms with Gasteiger partial charge in [-0.1, -0.05) is 60.0 Å². The SMILES string of the molecule is CC(C)CCC[C@@H](C)C1CCC2C3CC(=O)C4=CCCCC4(C)C3CCC21C. The molecule has 3 saturated carbocycles. The number of carbonyl (C=O) groups excluding carboxylic acids is 1. The van der Waals surface area contributed by atoms with E-state index in [1.54, 1.807) is 0 Å². The van der Waals surface area contributed by atoms with Gasteiger partial charge in [0.15, 0.2) is 5.78 Å². The molecule has 28 heavy (non-hydrogen) atoms. The summed E-state index contributed by atoms with van der Waals surface area (Å²) in [5.74, 6) is 5.32. The van der Waals surface area contributed by atoms with Crippen LogP contribution in [0.1, 0.15) is 105 Å². The highest BCUT2D eigenvalue weighted by Gasteiger charge is 2.60. The maximum atomic E-state index is 13.1. The lowest BCUT2D eigenvalue weighted by Crippen LogP contribution is -2.52. The fourth-order valence-electron chi connectivity index (χ4n) is 8.61. The molecular weight excluding hydrogens is 340 g/mol. The largest absolute Gasteiger partial charge is 0.295 e. The maximum absolute atomic E-state index is 13.1. The molecule has 3 fully saturated rings. The van der Waals surface area contributed by atoms with Crippen molar-refractivity contribution >= 4 is 5.78 Å². The Hall–Kier alpha value is -0.590. The van der Waals surface area contributed by atoms with Gasteiger partial charge in [0.25, 0.3) is 0 Å². The highest BCUT2D eigenvalue weighted by Crippen LogP contribution is 2.67. The van der Waals surface area contributed by atoms with Gasteiger partial charge in [0, 0.05) is 6.42 Å². The predicted molar refractivity (Wildman–Crippen MR) is 118 cm³/mol. The number of allylic oxidation sites excluding steroid dienone is 2. The van der Waals surface area contributed by atoms with E-state index in [4.69, 9.17) is 0 Å². The van der Waals surface area contributed by atoms with Crippen molar-refractivity contribution < 1.29 is 4.79 Å². The van der Waals surface area contributed by atoms with E-state index in [9.17, 15) is 4.79 Å². The lowest BCUT2D eigenvalue weighted by molar-refractivity contribution is -0.129. The molecule has 0 aromatic rings. The van der Waals surface area contributed by atoms with Crippen LogP contribution in [-0.4, -0.2) is 5.78 Å². The minimum atomic E-state index is 0.195. The maximum Gasteiger partial charge on any atom is 0.159 e. The minimum Gasteiger partial charge on any atom is -0.295 e. The summed E-state index contributed by atoms with van der Waals surface area (Å²) in [4.78, 5) is 13.1. The van der Waals surface area contributed by atoms with Gasteiger partial charge in [0.2, 0.25) is 0 Å². The van der Waals surface area contributed by atoms with Crippen LogP contribution in [0, 0.1) is 46.3 Å². The molecule has 1 heteroatoms. The van der Waals surface area contributed by atoms with Crippen LogP contribution in [0.15, 0.2) is 11.6 Å². The van der Waals surface area contributed by atoms with Crippen molar-refractivity contribution in [2.45, 2.75) is 105 Å². The topological polar surface area (TPSA) is 17.1 Å². The van der Waals surface area contributed by atoms with E-state index in [2.05, 4.69) is 40.7 Å². The van der Waals surface area contributed by atoms with Gasteiger partial charge >= 0.3 is 0 Å². The fourth-order valence-corrected chi connectivity index (χ4v) is 8.61. The van der Waals surface area contributed by atoms with Crippen molar-refractivity contribution in [3.63, 3.8) is 0 Å². The van der Waals surface area contributed by atoms with Crippen molar-refractivity contribution in [1.29, 1.82) is 0 Å². The Morgan fingerprint density at radius 2 is 1.82 bits per heavy atom. The van der Waals surface area contributed by atoms with Crippen molar-refractivity contribution in [2.24, 2.45) is 46.3 Å². The first-order chi connectivity index (χ1) is 13.3. The van der Waals surface area contributed by atoms with E-state index in [-0.39, 0.29) is 5.41 Å². The standard InChI is InChI=1S/C27H44O/c1-18(2)9-8-10-19(3)21-12-13-22-20-17-25(28)24-11-6-7-15-26(24,4)23(20)14-16-27(21,22)5/h11,18-23H,6-10,12-17H2,1-5H3/t19-,20?,21?,22?,23?,26?,27?/m1/s1. The van der Waals surface area contributed by atoms with Gasteiger partial charge in [-0.25, -0.2) is 0 Å². The second-order valence-electron chi connectivity index (χ2n) is 12.0. The first kappa shape index (κ1) is 20.7. The highest BCUT2D eigenvalue weighted by atomic mass is 16.1. The average molecular weight is 385 g/mol. The zero-order chi connectivity index (χ0) is 20.1. The van der Waals surface area contributed by atoms with E-state index in [1.807, 2.05) is 0 Å². The summed E-state index contributed by atoms with van der Waals surface area (Å²) in [6.45, 7) is 12.3. The van der Waals surface area contributed by atoms with Crippen LogP contribution >= 0.6 is 0 Å². The smallest absolute Gasteiger partial charge is 0.159 e. The molecule has 0 heterocycles. The molecule has 158 valence electrons. The van der Waals surface area contributed by atoms with Gasteiger partial charge in [-0.2, -0.15) is 0 Å². The molecule has 0 aromatic carbocycles. The van der Waals surface area contributed by atoms with Crippen LogP contribution in [0.3, 0.4) is 0 Å². The van der Waals surface area contributed by atoms with Crippen molar-refractivity contribution in [3.05, 3.63) is 11.6 Å². The average Bonchev–Trinajstić information content (AvgIpc) is 2.99. The Morgan fingerprint density at radius 1 is 1.04 bits per heavy atom. The zero-order valence-electron chi connectivity index (χ0n) is 19.2. The van der Waals surface area contributed by atoms with Gasteiger partial charge in [0.05, 0.1) is 0 Å². The lowest BCUT2D eigenvalue weighted by Gasteiger charge is -2.58. The van der Waals surface area contributed by atoms with E-state index < -0.39 is 0 Å². The zero-order valence-corrected chi connectivity index (χ0v) is 19.2. The molecule has 4 aliphatic rings. The number of ketones is 1. The fraction of sp³-hybridized carbons (Fsp3) is 0.889. The van der Waals surface area contributed by atoms with Gasteiger partial charge in [-0.15, -0.1) is 0 Å². The van der Waals surface area contributed by atoms with Crippen LogP contribution in [0.4, 0.5) is 0 Å². The molecule has 4 aliphatic carbocycles. The molecule has 4 rings (SSSR count). The first-order valence-corrected chi connectivity index (χ1v) is 12.5. The monoisotopic (exact) mass is 384 g/mol. The van der Waals surface area contributed by atoms with Crippen LogP contribution < -0.4 is 0 Å². The summed E-state index contributed by atoms with van der Waals surface area (Å²) in [5, 5.41) is 0. The van der Waals surface area contributed by atoms with Gasteiger partial charge in [0.1, 0.15) is 0 Å². The molecular formula is C27H44O. The minimum absolute atomic E-state index is 0.195. The molecule has 0 spiro atoms. The molecule has 0 N–H and O–H groups in total. The molecule has 0 aliphatic heterocycles. The number of Topliss-reactive ketones (excluding diaryl/α,β-unsaturated/α-hetero) is 1. The number of hydrogen-bond acceptors (Lipinski definition) is 1. The van der Waals surface area contributed by atoms with Crippen LogP contribution in [0.5, 0.6) is 0 Å². The van der Waals surface area contributed by atoms with E-state index >= 15 is 0 Å². The molecule has 7 atom stereocenters. The van der Waals surface area contributed by atoms with Gasteiger partial charge < -0.3 is 0 Å². The Morgan fingerprint density at radius 3 is 2.57 bits per heavy atom. The molecule has 0 bridgehead atoms. The second-order valence-corrected chi connectivity index (χ2v) is 12.0. The third-order valence-corrected chi connectivity index (χ3v) is 10.0. The second kappa shape index (κ2) is 7.59. The Balaban J connectivity index is 1.52. The highest BCUT2D eigenvalue weighted by molar-refractivity contribution is 5.98. The van der Waals surface area contributed by atoms with E-state index in [0.717, 1.165) is 42.4 Å². The number of rotatable bonds is 5. The predicted octanol–water partition coefficient (Wildman–Crippen LogP) is 7.60. The van der Waals surface area contributed by atoms with Crippen molar-refractivity contribution in [3.8, 4) is 0 Å². The first-order valence-electron chi connectivity index (χ1n) is 12.5. The van der Waals surface area contributed by atoms with E-state index in [1.165, 1.54) is 63.4 Å². The quantitative estimate of drug-likeness (QED) is 0.477. The lowest BCUT2D eigenvalue weighted by atomic mass is 9.46. The molecule has 1 nitrogen and oxygen atoms in total. The summed E-state index contributed by atoms with van der Waals surface area (Å²) in [5.41, 5.74) is 1.92. The van der Waals surface area contributed by atoms with Crippen LogP contribution in [-0.2, 0) is 4.79 Å². The van der Waals surface area contributed by atoms with Crippen LogP contribution in [0.25, 0.3) is 0 Å². The summed E-state index contributed by atoms with van der Waals surface area (Å²) in [6.07, 6.45) is 16.6. The number of hydrogen-bond donors (Lipinski definition) is 0. The summed E-state index contributed by atoms with van der Waals surface area (Å²) in [7, 11) is 0. The normalized spacial score (nSPS) is 43.9. The van der Waals surface area contributed by atoms with E-state index in [0.29, 0.717) is 17.1 Å². The van der Waals surface area contributed by atoms with Crippen LogP contribution in [0.2, 0.25) is 0 Å².